The zero-order chi connectivity index (χ0) is 12.8. The molecule has 0 aliphatic carbocycles. The number of cyclic esters (lactones) is 1. The van der Waals surface area contributed by atoms with Gasteiger partial charge in [-0.3, -0.25) is 9.59 Å². The van der Waals surface area contributed by atoms with Crippen LogP contribution in [0.4, 0.5) is 0 Å². The van der Waals surface area contributed by atoms with Gasteiger partial charge >= 0.3 is 5.97 Å². The maximum atomic E-state index is 11.5. The third kappa shape index (κ3) is 4.46. The van der Waals surface area contributed by atoms with Crippen LogP contribution < -0.4 is 0 Å². The van der Waals surface area contributed by atoms with Crippen molar-refractivity contribution in [3.05, 3.63) is 0 Å². The number of ether oxygens (including phenoxy) is 1. The van der Waals surface area contributed by atoms with Crippen LogP contribution in [-0.2, 0) is 14.3 Å². The smallest absolute Gasteiger partial charge is 0.306 e. The molecular formula is C13H22O4. The molecule has 1 aliphatic heterocycles. The number of aliphatic hydroxyl groups excluding tert-OH is 1. The highest BCUT2D eigenvalue weighted by Gasteiger charge is 2.30. The molecule has 1 rings (SSSR count). The Morgan fingerprint density at radius 1 is 1.59 bits per heavy atom. The van der Waals surface area contributed by atoms with Crippen molar-refractivity contribution in [2.75, 3.05) is 0 Å². The van der Waals surface area contributed by atoms with E-state index in [0.717, 1.165) is 12.8 Å². The lowest BCUT2D eigenvalue weighted by Crippen LogP contribution is -2.21. The summed E-state index contributed by atoms with van der Waals surface area (Å²) in [5.74, 6) is 0.0156. The van der Waals surface area contributed by atoms with Crippen molar-refractivity contribution >= 4 is 11.8 Å². The number of hydrogen-bond acceptors (Lipinski definition) is 4. The van der Waals surface area contributed by atoms with E-state index in [1.54, 1.807) is 0 Å². The number of Topliss-reactive ketones (excluding diaryl/α,β-unsaturated/α-hetero) is 1. The molecule has 3 atom stereocenters. The van der Waals surface area contributed by atoms with Crippen LogP contribution >= 0.6 is 0 Å². The van der Waals surface area contributed by atoms with Crippen LogP contribution in [0.2, 0.25) is 0 Å². The molecule has 4 nitrogen and oxygen atoms in total. The third-order valence-electron chi connectivity index (χ3n) is 3.25. The fraction of sp³-hybridized carbons (Fsp3) is 0.846. The van der Waals surface area contributed by atoms with Gasteiger partial charge in [-0.2, -0.15) is 0 Å². The summed E-state index contributed by atoms with van der Waals surface area (Å²) in [5, 5.41) is 9.47. The van der Waals surface area contributed by atoms with Crippen molar-refractivity contribution in [1.82, 2.24) is 0 Å². The van der Waals surface area contributed by atoms with Crippen LogP contribution in [-0.4, -0.2) is 29.1 Å². The minimum atomic E-state index is -0.816. The maximum absolute atomic E-state index is 11.5. The van der Waals surface area contributed by atoms with E-state index < -0.39 is 6.10 Å². The molecule has 0 aromatic heterocycles. The van der Waals surface area contributed by atoms with Crippen molar-refractivity contribution in [3.8, 4) is 0 Å². The highest BCUT2D eigenvalue weighted by Crippen LogP contribution is 2.25. The predicted molar refractivity (Wildman–Crippen MR) is 63.4 cm³/mol. The van der Waals surface area contributed by atoms with Crippen molar-refractivity contribution in [2.45, 2.75) is 64.6 Å². The molecular weight excluding hydrogens is 220 g/mol. The number of carbonyl (C=O) groups excluding carboxylic acids is 2. The normalized spacial score (nSPS) is 25.7. The Morgan fingerprint density at radius 2 is 2.29 bits per heavy atom. The Hall–Kier alpha value is -0.900. The van der Waals surface area contributed by atoms with Gasteiger partial charge in [0.2, 0.25) is 0 Å². The number of ketones is 1. The first-order chi connectivity index (χ1) is 8.04. The quantitative estimate of drug-likeness (QED) is 0.692. The Labute approximate surface area is 102 Å². The molecule has 17 heavy (non-hydrogen) atoms. The van der Waals surface area contributed by atoms with Crippen LogP contribution in [0.25, 0.3) is 0 Å². The second-order valence-electron chi connectivity index (χ2n) is 4.87. The van der Waals surface area contributed by atoms with E-state index in [4.69, 9.17) is 4.74 Å². The van der Waals surface area contributed by atoms with E-state index in [0.29, 0.717) is 25.7 Å². The predicted octanol–water partition coefficient (Wildman–Crippen LogP) is 1.84. The summed E-state index contributed by atoms with van der Waals surface area (Å²) in [7, 11) is 0. The standard InChI is InChI=1S/C13H22O4/c1-3-5-10(14)11(15)6-4-7-12-9(2)8-13(16)17-12/h9-10,12,14H,3-8H2,1-2H3/t9-,10?,12+/m1/s1. The van der Waals surface area contributed by atoms with Crippen molar-refractivity contribution in [1.29, 1.82) is 0 Å². The van der Waals surface area contributed by atoms with Gasteiger partial charge in [-0.15, -0.1) is 0 Å². The topological polar surface area (TPSA) is 63.6 Å². The zero-order valence-electron chi connectivity index (χ0n) is 10.6. The Bertz CT molecular complexity index is 275. The summed E-state index contributed by atoms with van der Waals surface area (Å²) in [6, 6.07) is 0. The second kappa shape index (κ2) is 6.74. The number of rotatable bonds is 7. The molecule has 0 bridgehead atoms. The minimum Gasteiger partial charge on any atom is -0.462 e. The summed E-state index contributed by atoms with van der Waals surface area (Å²) in [6.07, 6.45) is 2.75. The summed E-state index contributed by atoms with van der Waals surface area (Å²) in [6.45, 7) is 3.93. The number of carbonyl (C=O) groups is 2. The molecule has 0 aromatic rings. The lowest BCUT2D eigenvalue weighted by Gasteiger charge is -2.13. The average molecular weight is 242 g/mol. The van der Waals surface area contributed by atoms with Crippen LogP contribution in [0, 0.1) is 5.92 Å². The van der Waals surface area contributed by atoms with E-state index >= 15 is 0 Å². The average Bonchev–Trinajstić information content (AvgIpc) is 2.57. The van der Waals surface area contributed by atoms with Crippen molar-refractivity contribution in [2.24, 2.45) is 5.92 Å². The summed E-state index contributed by atoms with van der Waals surface area (Å²) < 4.78 is 5.15. The molecule has 0 spiro atoms. The number of hydrogen-bond donors (Lipinski definition) is 1. The Kier molecular flexibility index (Phi) is 5.62. The molecule has 98 valence electrons. The molecule has 0 amide bonds. The SMILES string of the molecule is CCCC(O)C(=O)CCC[C@@H]1OC(=O)C[C@H]1C. The third-order valence-corrected chi connectivity index (χ3v) is 3.25. The number of aliphatic hydroxyl groups is 1. The molecule has 1 N–H and O–H groups in total. The van der Waals surface area contributed by atoms with Crippen LogP contribution in [0.1, 0.15) is 52.4 Å². The molecule has 0 saturated carbocycles. The van der Waals surface area contributed by atoms with E-state index in [9.17, 15) is 14.7 Å². The van der Waals surface area contributed by atoms with Gasteiger partial charge in [0, 0.05) is 12.3 Å². The van der Waals surface area contributed by atoms with E-state index in [1.807, 2.05) is 13.8 Å². The van der Waals surface area contributed by atoms with Gasteiger partial charge in [-0.25, -0.2) is 0 Å². The zero-order valence-corrected chi connectivity index (χ0v) is 10.6. The van der Waals surface area contributed by atoms with Gasteiger partial charge in [0.05, 0.1) is 6.42 Å². The molecule has 1 aliphatic rings. The first-order valence-corrected chi connectivity index (χ1v) is 6.44. The van der Waals surface area contributed by atoms with E-state index in [-0.39, 0.29) is 23.8 Å². The largest absolute Gasteiger partial charge is 0.462 e. The van der Waals surface area contributed by atoms with Gasteiger partial charge in [0.25, 0.3) is 0 Å². The second-order valence-corrected chi connectivity index (χ2v) is 4.87. The van der Waals surface area contributed by atoms with E-state index in [2.05, 4.69) is 0 Å². The minimum absolute atomic E-state index is 0.0429. The maximum Gasteiger partial charge on any atom is 0.306 e. The highest BCUT2D eigenvalue weighted by atomic mass is 16.5. The van der Waals surface area contributed by atoms with Crippen LogP contribution in [0.15, 0.2) is 0 Å². The van der Waals surface area contributed by atoms with Gasteiger partial charge in [0.1, 0.15) is 12.2 Å². The fourth-order valence-electron chi connectivity index (χ4n) is 2.15. The fourth-order valence-corrected chi connectivity index (χ4v) is 2.15. The lowest BCUT2D eigenvalue weighted by atomic mass is 9.97. The monoisotopic (exact) mass is 242 g/mol. The van der Waals surface area contributed by atoms with Gasteiger partial charge < -0.3 is 9.84 Å². The van der Waals surface area contributed by atoms with Crippen LogP contribution in [0.5, 0.6) is 0 Å². The first-order valence-electron chi connectivity index (χ1n) is 6.44. The summed E-state index contributed by atoms with van der Waals surface area (Å²) >= 11 is 0. The molecule has 1 unspecified atom stereocenters. The molecule has 1 fully saturated rings. The Balaban J connectivity index is 2.19. The molecule has 1 saturated heterocycles. The highest BCUT2D eigenvalue weighted by molar-refractivity contribution is 5.82. The molecule has 4 heteroatoms. The van der Waals surface area contributed by atoms with E-state index in [1.165, 1.54) is 0 Å². The molecule has 0 radical (unpaired) electrons. The van der Waals surface area contributed by atoms with Crippen molar-refractivity contribution < 1.29 is 19.4 Å². The van der Waals surface area contributed by atoms with Gasteiger partial charge in [0.15, 0.2) is 5.78 Å². The number of esters is 1. The van der Waals surface area contributed by atoms with Gasteiger partial charge in [-0.1, -0.05) is 20.3 Å². The summed E-state index contributed by atoms with van der Waals surface area (Å²) in [5.41, 5.74) is 0. The summed E-state index contributed by atoms with van der Waals surface area (Å²) in [4.78, 5) is 22.5. The van der Waals surface area contributed by atoms with Crippen LogP contribution in [0.3, 0.4) is 0 Å². The van der Waals surface area contributed by atoms with Gasteiger partial charge in [-0.05, 0) is 19.3 Å². The van der Waals surface area contributed by atoms with Crippen molar-refractivity contribution in [3.63, 3.8) is 0 Å². The molecule has 0 aromatic carbocycles. The Morgan fingerprint density at radius 3 is 2.82 bits per heavy atom. The first kappa shape index (κ1) is 14.2. The lowest BCUT2D eigenvalue weighted by molar-refractivity contribution is -0.141. The molecule has 1 heterocycles.